The monoisotopic (exact) mass is 267 g/mol. The number of rotatable bonds is 4. The van der Waals surface area contributed by atoms with E-state index >= 15 is 0 Å². The van der Waals surface area contributed by atoms with Crippen LogP contribution in [0.25, 0.3) is 0 Å². The maximum Gasteiger partial charge on any atom is 0.0270 e. The molecule has 1 atom stereocenters. The minimum absolute atomic E-state index is 0.0950. The van der Waals surface area contributed by atoms with Gasteiger partial charge in [0.25, 0.3) is 0 Å². The Morgan fingerprint density at radius 2 is 1.85 bits per heavy atom. The summed E-state index contributed by atoms with van der Waals surface area (Å²) in [5.41, 5.74) is 8.90. The number of nitrogens with two attached hydrogens (primary N) is 1. The van der Waals surface area contributed by atoms with Gasteiger partial charge in [-0.15, -0.1) is 0 Å². The molecule has 0 aliphatic carbocycles. The van der Waals surface area contributed by atoms with Crippen LogP contribution in [-0.2, 0) is 12.0 Å². The van der Waals surface area contributed by atoms with Crippen LogP contribution in [0.2, 0.25) is 0 Å². The summed E-state index contributed by atoms with van der Waals surface area (Å²) >= 11 is 0. The minimum atomic E-state index is 0.0950. The molecule has 1 unspecified atom stereocenters. The zero-order chi connectivity index (χ0) is 13.8. The minimum Gasteiger partial charge on any atom is -0.330 e. The molecule has 0 radical (unpaired) electrons. The van der Waals surface area contributed by atoms with E-state index in [1.807, 2.05) is 12.4 Å². The lowest BCUT2D eigenvalue weighted by Gasteiger charge is -2.28. The van der Waals surface area contributed by atoms with Crippen molar-refractivity contribution in [2.24, 2.45) is 5.73 Å². The standard InChI is InChI=1S/C17H21N3/c18-13-17(16-6-9-19-10-7-16)8-11-20(14-17)12-15-4-2-1-3-5-15/h1-7,9-10H,8,11-14,18H2. The van der Waals surface area contributed by atoms with Gasteiger partial charge in [-0.3, -0.25) is 9.88 Å². The Hall–Kier alpha value is -1.71. The molecule has 1 saturated heterocycles. The summed E-state index contributed by atoms with van der Waals surface area (Å²) in [5, 5.41) is 0. The second-order valence-electron chi connectivity index (χ2n) is 5.67. The number of nitrogens with zero attached hydrogens (tertiary/aromatic N) is 2. The van der Waals surface area contributed by atoms with Gasteiger partial charge in [-0.1, -0.05) is 30.3 Å². The molecule has 2 aromatic rings. The largest absolute Gasteiger partial charge is 0.330 e. The Kier molecular flexibility index (Phi) is 3.81. The number of benzene rings is 1. The maximum absolute atomic E-state index is 6.11. The van der Waals surface area contributed by atoms with Crippen molar-refractivity contribution in [1.29, 1.82) is 0 Å². The third-order valence-electron chi connectivity index (χ3n) is 4.37. The molecule has 3 rings (SSSR count). The third-order valence-corrected chi connectivity index (χ3v) is 4.37. The van der Waals surface area contributed by atoms with Crippen molar-refractivity contribution in [3.8, 4) is 0 Å². The first-order valence-corrected chi connectivity index (χ1v) is 7.19. The lowest BCUT2D eigenvalue weighted by molar-refractivity contribution is 0.304. The van der Waals surface area contributed by atoms with E-state index in [0.717, 1.165) is 26.1 Å². The predicted molar refractivity (Wildman–Crippen MR) is 81.3 cm³/mol. The molecule has 2 N–H and O–H groups in total. The molecule has 2 heterocycles. The van der Waals surface area contributed by atoms with Crippen LogP contribution >= 0.6 is 0 Å². The van der Waals surface area contributed by atoms with Gasteiger partial charge in [-0.25, -0.2) is 0 Å². The molecule has 0 amide bonds. The molecule has 104 valence electrons. The molecule has 0 bridgehead atoms. The van der Waals surface area contributed by atoms with Crippen molar-refractivity contribution in [1.82, 2.24) is 9.88 Å². The van der Waals surface area contributed by atoms with Crippen molar-refractivity contribution in [3.05, 3.63) is 66.0 Å². The summed E-state index contributed by atoms with van der Waals surface area (Å²) in [6.45, 7) is 3.84. The van der Waals surface area contributed by atoms with Gasteiger partial charge in [-0.2, -0.15) is 0 Å². The normalized spacial score (nSPS) is 23.1. The number of hydrogen-bond acceptors (Lipinski definition) is 3. The predicted octanol–water partition coefficient (Wildman–Crippen LogP) is 2.18. The zero-order valence-corrected chi connectivity index (χ0v) is 11.7. The van der Waals surface area contributed by atoms with E-state index in [9.17, 15) is 0 Å². The van der Waals surface area contributed by atoms with E-state index in [0.29, 0.717) is 6.54 Å². The highest BCUT2D eigenvalue weighted by atomic mass is 15.2. The van der Waals surface area contributed by atoms with Crippen LogP contribution in [0, 0.1) is 0 Å². The van der Waals surface area contributed by atoms with Crippen LogP contribution in [0.15, 0.2) is 54.9 Å². The van der Waals surface area contributed by atoms with Gasteiger partial charge in [0, 0.05) is 37.4 Å². The number of aromatic nitrogens is 1. The van der Waals surface area contributed by atoms with Crippen molar-refractivity contribution < 1.29 is 0 Å². The first-order valence-electron chi connectivity index (χ1n) is 7.19. The summed E-state index contributed by atoms with van der Waals surface area (Å²) in [6.07, 6.45) is 4.86. The van der Waals surface area contributed by atoms with Gasteiger partial charge < -0.3 is 5.73 Å². The molecule has 1 aliphatic heterocycles. The fraction of sp³-hybridized carbons (Fsp3) is 0.353. The fourth-order valence-electron chi connectivity index (χ4n) is 3.16. The second-order valence-corrected chi connectivity index (χ2v) is 5.67. The molecule has 1 aromatic carbocycles. The Balaban J connectivity index is 1.74. The van der Waals surface area contributed by atoms with Gasteiger partial charge in [0.05, 0.1) is 0 Å². The fourth-order valence-corrected chi connectivity index (χ4v) is 3.16. The Morgan fingerprint density at radius 3 is 2.55 bits per heavy atom. The second kappa shape index (κ2) is 5.73. The Labute approximate surface area is 120 Å². The average molecular weight is 267 g/mol. The molecule has 3 nitrogen and oxygen atoms in total. The van der Waals surface area contributed by atoms with Gasteiger partial charge in [-0.05, 0) is 36.2 Å². The van der Waals surface area contributed by atoms with Crippen LogP contribution in [0.1, 0.15) is 17.5 Å². The molecule has 0 spiro atoms. The molecular weight excluding hydrogens is 246 g/mol. The molecule has 0 saturated carbocycles. The summed E-state index contributed by atoms with van der Waals surface area (Å²) in [4.78, 5) is 6.62. The van der Waals surface area contributed by atoms with Crippen LogP contribution in [0.3, 0.4) is 0 Å². The van der Waals surface area contributed by atoms with Crippen molar-refractivity contribution in [2.45, 2.75) is 18.4 Å². The van der Waals surface area contributed by atoms with E-state index in [1.54, 1.807) is 0 Å². The third kappa shape index (κ3) is 2.60. The molecule has 1 aliphatic rings. The van der Waals surface area contributed by atoms with Crippen LogP contribution in [-0.4, -0.2) is 29.5 Å². The van der Waals surface area contributed by atoms with Gasteiger partial charge in [0.2, 0.25) is 0 Å². The summed E-state index contributed by atoms with van der Waals surface area (Å²) in [6, 6.07) is 14.9. The first kappa shape index (κ1) is 13.3. The average Bonchev–Trinajstić information content (AvgIpc) is 2.94. The van der Waals surface area contributed by atoms with Gasteiger partial charge in [0.1, 0.15) is 0 Å². The highest BCUT2D eigenvalue weighted by Gasteiger charge is 2.38. The lowest BCUT2D eigenvalue weighted by atomic mass is 9.80. The highest BCUT2D eigenvalue weighted by Crippen LogP contribution is 2.34. The highest BCUT2D eigenvalue weighted by molar-refractivity contribution is 5.26. The van der Waals surface area contributed by atoms with E-state index in [1.165, 1.54) is 11.1 Å². The molecule has 1 fully saturated rings. The van der Waals surface area contributed by atoms with Crippen LogP contribution < -0.4 is 5.73 Å². The SMILES string of the molecule is NCC1(c2ccncc2)CCN(Cc2ccccc2)C1. The Morgan fingerprint density at radius 1 is 1.10 bits per heavy atom. The quantitative estimate of drug-likeness (QED) is 0.923. The number of pyridine rings is 1. The summed E-state index contributed by atoms with van der Waals surface area (Å²) in [5.74, 6) is 0. The zero-order valence-electron chi connectivity index (χ0n) is 11.7. The van der Waals surface area contributed by atoms with E-state index < -0.39 is 0 Å². The molecular formula is C17H21N3. The molecule has 1 aromatic heterocycles. The smallest absolute Gasteiger partial charge is 0.0270 e. The van der Waals surface area contributed by atoms with Crippen molar-refractivity contribution >= 4 is 0 Å². The van der Waals surface area contributed by atoms with Gasteiger partial charge >= 0.3 is 0 Å². The maximum atomic E-state index is 6.11. The Bertz CT molecular complexity index is 541. The van der Waals surface area contributed by atoms with Crippen molar-refractivity contribution in [2.75, 3.05) is 19.6 Å². The van der Waals surface area contributed by atoms with Crippen LogP contribution in [0.5, 0.6) is 0 Å². The van der Waals surface area contributed by atoms with E-state index in [4.69, 9.17) is 5.73 Å². The molecule has 20 heavy (non-hydrogen) atoms. The van der Waals surface area contributed by atoms with Gasteiger partial charge in [0.15, 0.2) is 0 Å². The van der Waals surface area contributed by atoms with Crippen LogP contribution in [0.4, 0.5) is 0 Å². The lowest BCUT2D eigenvalue weighted by Crippen LogP contribution is -2.38. The topological polar surface area (TPSA) is 42.1 Å². The molecule has 3 heteroatoms. The van der Waals surface area contributed by atoms with E-state index in [2.05, 4.69) is 52.3 Å². The summed E-state index contributed by atoms with van der Waals surface area (Å²) in [7, 11) is 0. The number of hydrogen-bond donors (Lipinski definition) is 1. The first-order chi connectivity index (χ1) is 9.82. The number of likely N-dealkylation sites (tertiary alicyclic amines) is 1. The van der Waals surface area contributed by atoms with E-state index in [-0.39, 0.29) is 5.41 Å². The summed E-state index contributed by atoms with van der Waals surface area (Å²) < 4.78 is 0. The van der Waals surface area contributed by atoms with Crippen molar-refractivity contribution in [3.63, 3.8) is 0 Å².